The standard InChI is InChI=1S/C16H19N3S/c1-12-5-7-14(8-6-12)17-16(20)19-11-10-18-9-3-4-15(18)13(19)2/h3-9,13H,10-11H2,1-2H3,(H,17,20)/t13-/m0/s1. The van der Waals surface area contributed by atoms with Crippen molar-refractivity contribution < 1.29 is 0 Å². The fourth-order valence-electron chi connectivity index (χ4n) is 2.69. The van der Waals surface area contributed by atoms with Crippen LogP contribution in [0.3, 0.4) is 0 Å². The van der Waals surface area contributed by atoms with Crippen LogP contribution in [0.4, 0.5) is 5.69 Å². The summed E-state index contributed by atoms with van der Waals surface area (Å²) in [6.07, 6.45) is 2.14. The number of rotatable bonds is 1. The molecular weight excluding hydrogens is 266 g/mol. The van der Waals surface area contributed by atoms with Gasteiger partial charge in [0.05, 0.1) is 6.04 Å². The molecule has 2 heterocycles. The van der Waals surface area contributed by atoms with Gasteiger partial charge >= 0.3 is 0 Å². The van der Waals surface area contributed by atoms with Crippen molar-refractivity contribution >= 4 is 23.0 Å². The zero-order valence-corrected chi connectivity index (χ0v) is 12.7. The highest BCUT2D eigenvalue weighted by Gasteiger charge is 2.25. The number of thiocarbonyl (C=S) groups is 1. The van der Waals surface area contributed by atoms with Gasteiger partial charge in [-0.15, -0.1) is 0 Å². The fourth-order valence-corrected chi connectivity index (χ4v) is 3.06. The first-order chi connectivity index (χ1) is 9.65. The molecule has 0 bridgehead atoms. The maximum Gasteiger partial charge on any atom is 0.174 e. The van der Waals surface area contributed by atoms with E-state index in [-0.39, 0.29) is 0 Å². The number of fused-ring (bicyclic) bond motifs is 1. The lowest BCUT2D eigenvalue weighted by Gasteiger charge is -2.36. The molecule has 0 aliphatic carbocycles. The van der Waals surface area contributed by atoms with Crippen LogP contribution < -0.4 is 5.32 Å². The molecule has 0 radical (unpaired) electrons. The number of aryl methyl sites for hydroxylation is 1. The van der Waals surface area contributed by atoms with E-state index < -0.39 is 0 Å². The summed E-state index contributed by atoms with van der Waals surface area (Å²) >= 11 is 5.57. The van der Waals surface area contributed by atoms with Crippen LogP contribution in [0, 0.1) is 6.92 Å². The lowest BCUT2D eigenvalue weighted by molar-refractivity contribution is 0.276. The van der Waals surface area contributed by atoms with Crippen molar-refractivity contribution in [2.45, 2.75) is 26.4 Å². The Bertz CT molecular complexity index is 615. The number of aromatic nitrogens is 1. The smallest absolute Gasteiger partial charge is 0.174 e. The Morgan fingerprint density at radius 2 is 1.95 bits per heavy atom. The number of hydrogen-bond donors (Lipinski definition) is 1. The third-order valence-electron chi connectivity index (χ3n) is 3.91. The summed E-state index contributed by atoms with van der Waals surface area (Å²) in [5.41, 5.74) is 3.63. The molecule has 0 spiro atoms. The van der Waals surface area contributed by atoms with Gasteiger partial charge in [0.1, 0.15) is 0 Å². The average molecular weight is 285 g/mol. The predicted octanol–water partition coefficient (Wildman–Crippen LogP) is 3.57. The van der Waals surface area contributed by atoms with Crippen LogP contribution in [0.2, 0.25) is 0 Å². The van der Waals surface area contributed by atoms with Crippen molar-refractivity contribution in [1.82, 2.24) is 9.47 Å². The van der Waals surface area contributed by atoms with E-state index in [1.807, 2.05) is 0 Å². The zero-order valence-electron chi connectivity index (χ0n) is 11.8. The maximum absolute atomic E-state index is 5.57. The third-order valence-corrected chi connectivity index (χ3v) is 4.24. The molecule has 1 aliphatic rings. The predicted molar refractivity (Wildman–Crippen MR) is 87.0 cm³/mol. The summed E-state index contributed by atoms with van der Waals surface area (Å²) in [5.74, 6) is 0. The molecule has 1 atom stereocenters. The first kappa shape index (κ1) is 13.2. The molecule has 2 aromatic rings. The van der Waals surface area contributed by atoms with E-state index in [2.05, 4.69) is 71.2 Å². The van der Waals surface area contributed by atoms with Crippen molar-refractivity contribution in [3.05, 3.63) is 53.9 Å². The Morgan fingerprint density at radius 1 is 1.20 bits per heavy atom. The van der Waals surface area contributed by atoms with Gasteiger partial charge in [-0.2, -0.15) is 0 Å². The van der Waals surface area contributed by atoms with Crippen molar-refractivity contribution in [3.8, 4) is 0 Å². The molecule has 3 rings (SSSR count). The number of nitrogens with one attached hydrogen (secondary N) is 1. The summed E-state index contributed by atoms with van der Waals surface area (Å²) < 4.78 is 2.30. The molecular formula is C16H19N3S. The Kier molecular flexibility index (Phi) is 3.49. The molecule has 0 saturated carbocycles. The van der Waals surface area contributed by atoms with Gasteiger partial charge in [0.15, 0.2) is 5.11 Å². The highest BCUT2D eigenvalue weighted by Crippen LogP contribution is 2.26. The first-order valence-corrected chi connectivity index (χ1v) is 7.35. The quantitative estimate of drug-likeness (QED) is 0.809. The van der Waals surface area contributed by atoms with Crippen LogP contribution >= 0.6 is 12.2 Å². The lowest BCUT2D eigenvalue weighted by atomic mass is 10.1. The Labute approximate surface area is 125 Å². The summed E-state index contributed by atoms with van der Waals surface area (Å²) in [6.45, 7) is 6.22. The van der Waals surface area contributed by atoms with Crippen LogP contribution in [0.25, 0.3) is 0 Å². The third kappa shape index (κ3) is 2.43. The van der Waals surface area contributed by atoms with Crippen molar-refractivity contribution in [3.63, 3.8) is 0 Å². The monoisotopic (exact) mass is 285 g/mol. The highest BCUT2D eigenvalue weighted by molar-refractivity contribution is 7.80. The number of nitrogens with zero attached hydrogens (tertiary/aromatic N) is 2. The zero-order chi connectivity index (χ0) is 14.1. The maximum atomic E-state index is 5.57. The minimum absolute atomic E-state index is 0.309. The largest absolute Gasteiger partial charge is 0.348 e. The molecule has 0 saturated heterocycles. The van der Waals surface area contributed by atoms with E-state index in [4.69, 9.17) is 12.2 Å². The topological polar surface area (TPSA) is 20.2 Å². The average Bonchev–Trinajstić information content (AvgIpc) is 2.91. The second-order valence-corrected chi connectivity index (χ2v) is 5.68. The molecule has 1 N–H and O–H groups in total. The van der Waals surface area contributed by atoms with Crippen LogP contribution in [0.5, 0.6) is 0 Å². The van der Waals surface area contributed by atoms with E-state index in [0.717, 1.165) is 23.9 Å². The Balaban J connectivity index is 1.73. The highest BCUT2D eigenvalue weighted by atomic mass is 32.1. The molecule has 20 heavy (non-hydrogen) atoms. The summed E-state index contributed by atoms with van der Waals surface area (Å²) in [7, 11) is 0. The molecule has 1 aromatic carbocycles. The van der Waals surface area contributed by atoms with Crippen LogP contribution in [0.1, 0.15) is 24.2 Å². The van der Waals surface area contributed by atoms with E-state index in [1.54, 1.807) is 0 Å². The van der Waals surface area contributed by atoms with E-state index in [1.165, 1.54) is 11.3 Å². The molecule has 0 unspecified atom stereocenters. The van der Waals surface area contributed by atoms with Crippen LogP contribution in [-0.2, 0) is 6.54 Å². The summed E-state index contributed by atoms with van der Waals surface area (Å²) in [6, 6.07) is 12.9. The van der Waals surface area contributed by atoms with E-state index >= 15 is 0 Å². The minimum atomic E-state index is 0.309. The van der Waals surface area contributed by atoms with E-state index in [9.17, 15) is 0 Å². The number of hydrogen-bond acceptors (Lipinski definition) is 1. The van der Waals surface area contributed by atoms with Gasteiger partial charge in [0.2, 0.25) is 0 Å². The lowest BCUT2D eigenvalue weighted by Crippen LogP contribution is -2.42. The Hall–Kier alpha value is -1.81. The second-order valence-electron chi connectivity index (χ2n) is 5.29. The van der Waals surface area contributed by atoms with Crippen LogP contribution in [0.15, 0.2) is 42.6 Å². The summed E-state index contributed by atoms with van der Waals surface area (Å²) in [4.78, 5) is 2.25. The normalized spacial score (nSPS) is 17.7. The van der Waals surface area contributed by atoms with Crippen molar-refractivity contribution in [2.75, 3.05) is 11.9 Å². The molecule has 3 nitrogen and oxygen atoms in total. The van der Waals surface area contributed by atoms with Gasteiger partial charge in [0, 0.05) is 30.7 Å². The molecule has 0 fully saturated rings. The second kappa shape index (κ2) is 5.29. The number of anilines is 1. The van der Waals surface area contributed by atoms with Crippen LogP contribution in [-0.4, -0.2) is 21.1 Å². The van der Waals surface area contributed by atoms with Gasteiger partial charge in [-0.05, 0) is 50.3 Å². The van der Waals surface area contributed by atoms with Gasteiger partial charge in [-0.3, -0.25) is 0 Å². The van der Waals surface area contributed by atoms with Gasteiger partial charge < -0.3 is 14.8 Å². The van der Waals surface area contributed by atoms with Gasteiger partial charge in [-0.25, -0.2) is 0 Å². The van der Waals surface area contributed by atoms with Crippen molar-refractivity contribution in [1.29, 1.82) is 0 Å². The molecule has 4 heteroatoms. The van der Waals surface area contributed by atoms with E-state index in [0.29, 0.717) is 6.04 Å². The van der Waals surface area contributed by atoms with Gasteiger partial charge in [0.25, 0.3) is 0 Å². The molecule has 0 amide bonds. The fraction of sp³-hybridized carbons (Fsp3) is 0.312. The summed E-state index contributed by atoms with van der Waals surface area (Å²) in [5, 5.41) is 4.14. The minimum Gasteiger partial charge on any atom is -0.348 e. The van der Waals surface area contributed by atoms with Crippen molar-refractivity contribution in [2.24, 2.45) is 0 Å². The molecule has 1 aliphatic heterocycles. The number of benzene rings is 1. The Morgan fingerprint density at radius 3 is 2.70 bits per heavy atom. The SMILES string of the molecule is Cc1ccc(NC(=S)N2CCn3cccc3[C@@H]2C)cc1. The van der Waals surface area contributed by atoms with Gasteiger partial charge in [-0.1, -0.05) is 17.7 Å². The first-order valence-electron chi connectivity index (χ1n) is 6.94. The molecule has 1 aromatic heterocycles. The molecule has 104 valence electrons.